The van der Waals surface area contributed by atoms with Crippen LogP contribution >= 0.6 is 15.9 Å². The number of methoxy groups -OCH3 is 1. The average molecular weight is 364 g/mol. The lowest BCUT2D eigenvalue weighted by Crippen LogP contribution is -2.13. The highest BCUT2D eigenvalue weighted by Gasteiger charge is 2.06. The number of hydrogen-bond acceptors (Lipinski definition) is 3. The van der Waals surface area contributed by atoms with Crippen LogP contribution in [-0.2, 0) is 4.79 Å². The molecule has 0 heterocycles. The van der Waals surface area contributed by atoms with Gasteiger partial charge >= 0.3 is 0 Å². The van der Waals surface area contributed by atoms with Crippen LogP contribution in [0.3, 0.4) is 0 Å². The summed E-state index contributed by atoms with van der Waals surface area (Å²) in [6, 6.07) is 15.0. The van der Waals surface area contributed by atoms with Gasteiger partial charge in [0.2, 0.25) is 5.91 Å². The summed E-state index contributed by atoms with van der Waals surface area (Å²) in [7, 11) is 1.58. The third kappa shape index (κ3) is 5.07. The molecular weight excluding hydrogens is 346 g/mol. The van der Waals surface area contributed by atoms with Crippen molar-refractivity contribution >= 4 is 27.5 Å². The fraction of sp³-hybridized carbons (Fsp3) is 0.235. The van der Waals surface area contributed by atoms with Crippen molar-refractivity contribution in [3.63, 3.8) is 0 Å². The van der Waals surface area contributed by atoms with E-state index in [4.69, 9.17) is 9.47 Å². The SMILES string of the molecule is COc1ccccc1NC(=O)CCCOc1ccc(Br)cc1. The second kappa shape index (κ2) is 8.44. The molecule has 2 rings (SSSR count). The van der Waals surface area contributed by atoms with Gasteiger partial charge in [-0.05, 0) is 42.8 Å². The third-order valence-electron chi connectivity index (χ3n) is 3.01. The minimum absolute atomic E-state index is 0.0519. The zero-order valence-electron chi connectivity index (χ0n) is 12.3. The maximum atomic E-state index is 11.9. The van der Waals surface area contributed by atoms with Gasteiger partial charge in [0.05, 0.1) is 19.4 Å². The van der Waals surface area contributed by atoms with Gasteiger partial charge in [-0.15, -0.1) is 0 Å². The molecule has 0 saturated carbocycles. The summed E-state index contributed by atoms with van der Waals surface area (Å²) < 4.78 is 11.8. The summed E-state index contributed by atoms with van der Waals surface area (Å²) in [5.41, 5.74) is 0.684. The summed E-state index contributed by atoms with van der Waals surface area (Å²) in [5, 5.41) is 2.84. The molecule has 2 aromatic rings. The van der Waals surface area contributed by atoms with Gasteiger partial charge in [0.15, 0.2) is 0 Å². The predicted molar refractivity (Wildman–Crippen MR) is 90.5 cm³/mol. The lowest BCUT2D eigenvalue weighted by Gasteiger charge is -2.10. The predicted octanol–water partition coefficient (Wildman–Crippen LogP) is 4.26. The van der Waals surface area contributed by atoms with Crippen LogP contribution in [0.2, 0.25) is 0 Å². The first-order valence-electron chi connectivity index (χ1n) is 7.00. The molecule has 0 aromatic heterocycles. The largest absolute Gasteiger partial charge is 0.495 e. The molecule has 0 atom stereocenters. The number of para-hydroxylation sites is 2. The van der Waals surface area contributed by atoms with Crippen molar-refractivity contribution in [2.75, 3.05) is 19.0 Å². The minimum atomic E-state index is -0.0519. The smallest absolute Gasteiger partial charge is 0.224 e. The van der Waals surface area contributed by atoms with Crippen molar-refractivity contribution in [3.05, 3.63) is 53.0 Å². The zero-order chi connectivity index (χ0) is 15.8. The van der Waals surface area contributed by atoms with Gasteiger partial charge < -0.3 is 14.8 Å². The van der Waals surface area contributed by atoms with E-state index in [0.29, 0.717) is 30.9 Å². The molecule has 0 radical (unpaired) electrons. The van der Waals surface area contributed by atoms with E-state index in [1.165, 1.54) is 0 Å². The highest BCUT2D eigenvalue weighted by atomic mass is 79.9. The van der Waals surface area contributed by atoms with Crippen molar-refractivity contribution in [2.45, 2.75) is 12.8 Å². The number of anilines is 1. The van der Waals surface area contributed by atoms with E-state index < -0.39 is 0 Å². The van der Waals surface area contributed by atoms with E-state index in [1.807, 2.05) is 48.5 Å². The van der Waals surface area contributed by atoms with Crippen LogP contribution in [0, 0.1) is 0 Å². The number of carbonyl (C=O) groups is 1. The van der Waals surface area contributed by atoms with Crippen molar-refractivity contribution < 1.29 is 14.3 Å². The van der Waals surface area contributed by atoms with E-state index in [2.05, 4.69) is 21.2 Å². The standard InChI is InChI=1S/C17H18BrNO3/c1-21-16-6-3-2-5-15(16)19-17(20)7-4-12-22-14-10-8-13(18)9-11-14/h2-3,5-6,8-11H,4,7,12H2,1H3,(H,19,20). The van der Waals surface area contributed by atoms with Crippen molar-refractivity contribution in [3.8, 4) is 11.5 Å². The number of carbonyl (C=O) groups excluding carboxylic acids is 1. The fourth-order valence-electron chi connectivity index (χ4n) is 1.91. The van der Waals surface area contributed by atoms with Crippen molar-refractivity contribution in [1.29, 1.82) is 0 Å². The molecule has 1 amide bonds. The van der Waals surface area contributed by atoms with Gasteiger partial charge in [-0.3, -0.25) is 4.79 Å². The Labute approximate surface area is 138 Å². The number of amides is 1. The second-order valence-electron chi connectivity index (χ2n) is 4.65. The molecule has 1 N–H and O–H groups in total. The summed E-state index contributed by atoms with van der Waals surface area (Å²) in [4.78, 5) is 11.9. The minimum Gasteiger partial charge on any atom is -0.495 e. The highest BCUT2D eigenvalue weighted by Crippen LogP contribution is 2.23. The topological polar surface area (TPSA) is 47.6 Å². The normalized spacial score (nSPS) is 10.1. The Hall–Kier alpha value is -2.01. The van der Waals surface area contributed by atoms with Gasteiger partial charge in [-0.2, -0.15) is 0 Å². The number of nitrogens with one attached hydrogen (secondary N) is 1. The molecule has 4 nitrogen and oxygen atoms in total. The van der Waals surface area contributed by atoms with Crippen molar-refractivity contribution in [1.82, 2.24) is 0 Å². The molecule has 0 spiro atoms. The molecule has 5 heteroatoms. The van der Waals surface area contributed by atoms with Gasteiger partial charge in [-0.1, -0.05) is 28.1 Å². The highest BCUT2D eigenvalue weighted by molar-refractivity contribution is 9.10. The van der Waals surface area contributed by atoms with Crippen LogP contribution in [0.15, 0.2) is 53.0 Å². The first kappa shape index (κ1) is 16.4. The zero-order valence-corrected chi connectivity index (χ0v) is 13.9. The average Bonchev–Trinajstić information content (AvgIpc) is 2.54. The van der Waals surface area contributed by atoms with E-state index in [0.717, 1.165) is 10.2 Å². The van der Waals surface area contributed by atoms with Crippen molar-refractivity contribution in [2.24, 2.45) is 0 Å². The molecule has 0 aliphatic carbocycles. The Morgan fingerprint density at radius 1 is 1.14 bits per heavy atom. The summed E-state index contributed by atoms with van der Waals surface area (Å²) in [5.74, 6) is 1.40. The Morgan fingerprint density at radius 2 is 1.86 bits per heavy atom. The van der Waals surface area contributed by atoms with Gasteiger partial charge in [0, 0.05) is 10.9 Å². The quantitative estimate of drug-likeness (QED) is 0.747. The number of rotatable bonds is 7. The summed E-state index contributed by atoms with van der Waals surface area (Å²) in [6.45, 7) is 0.501. The Morgan fingerprint density at radius 3 is 2.59 bits per heavy atom. The van der Waals surface area contributed by atoms with E-state index >= 15 is 0 Å². The molecule has 0 aliphatic rings. The Bertz CT molecular complexity index is 614. The lowest BCUT2D eigenvalue weighted by molar-refractivity contribution is -0.116. The maximum Gasteiger partial charge on any atom is 0.224 e. The van der Waals surface area contributed by atoms with E-state index in [-0.39, 0.29) is 5.91 Å². The van der Waals surface area contributed by atoms with Crippen LogP contribution in [0.1, 0.15) is 12.8 Å². The molecule has 0 aliphatic heterocycles. The van der Waals surface area contributed by atoms with Crippen LogP contribution in [0.5, 0.6) is 11.5 Å². The number of ether oxygens (including phenoxy) is 2. The van der Waals surface area contributed by atoms with Crippen LogP contribution < -0.4 is 14.8 Å². The maximum absolute atomic E-state index is 11.9. The van der Waals surface area contributed by atoms with E-state index in [9.17, 15) is 4.79 Å². The third-order valence-corrected chi connectivity index (χ3v) is 3.54. The number of hydrogen-bond donors (Lipinski definition) is 1. The second-order valence-corrected chi connectivity index (χ2v) is 5.57. The Kier molecular flexibility index (Phi) is 6.27. The summed E-state index contributed by atoms with van der Waals surface area (Å²) >= 11 is 3.37. The molecule has 0 fully saturated rings. The first-order chi connectivity index (χ1) is 10.7. The van der Waals surface area contributed by atoms with Gasteiger partial charge in [-0.25, -0.2) is 0 Å². The molecule has 22 heavy (non-hydrogen) atoms. The Balaban J connectivity index is 1.72. The van der Waals surface area contributed by atoms with Crippen LogP contribution in [-0.4, -0.2) is 19.6 Å². The first-order valence-corrected chi connectivity index (χ1v) is 7.79. The monoisotopic (exact) mass is 363 g/mol. The molecule has 2 aromatic carbocycles. The fourth-order valence-corrected chi connectivity index (χ4v) is 2.18. The summed E-state index contributed by atoms with van der Waals surface area (Å²) in [6.07, 6.45) is 1.05. The number of halogens is 1. The van der Waals surface area contributed by atoms with Gasteiger partial charge in [0.25, 0.3) is 0 Å². The van der Waals surface area contributed by atoms with E-state index in [1.54, 1.807) is 7.11 Å². The molecular formula is C17H18BrNO3. The molecule has 0 unspecified atom stereocenters. The lowest BCUT2D eigenvalue weighted by atomic mass is 10.2. The van der Waals surface area contributed by atoms with Crippen LogP contribution in [0.25, 0.3) is 0 Å². The molecule has 0 bridgehead atoms. The van der Waals surface area contributed by atoms with Gasteiger partial charge in [0.1, 0.15) is 11.5 Å². The molecule has 0 saturated heterocycles. The molecule has 116 valence electrons. The number of benzene rings is 2. The van der Waals surface area contributed by atoms with Crippen LogP contribution in [0.4, 0.5) is 5.69 Å².